The van der Waals surface area contributed by atoms with Gasteiger partial charge in [0, 0.05) is 12.5 Å². The van der Waals surface area contributed by atoms with Gasteiger partial charge in [-0.1, -0.05) is 37.2 Å². The smallest absolute Gasteiger partial charge is 0.231 e. The molecular formula is C17H25N3O. The van der Waals surface area contributed by atoms with Crippen LogP contribution in [0.3, 0.4) is 0 Å². The number of nitrogens with two attached hydrogens (primary N) is 1. The van der Waals surface area contributed by atoms with Gasteiger partial charge < -0.3 is 10.3 Å². The molecule has 0 radical (unpaired) electrons. The highest BCUT2D eigenvalue weighted by atomic mass is 16.5. The molecule has 0 aliphatic rings. The van der Waals surface area contributed by atoms with Gasteiger partial charge in [0.15, 0.2) is 5.82 Å². The lowest BCUT2D eigenvalue weighted by Gasteiger charge is -2.20. The quantitative estimate of drug-likeness (QED) is 0.915. The van der Waals surface area contributed by atoms with Crippen molar-refractivity contribution in [2.24, 2.45) is 11.7 Å². The van der Waals surface area contributed by atoms with E-state index in [4.69, 9.17) is 10.3 Å². The van der Waals surface area contributed by atoms with Gasteiger partial charge in [-0.2, -0.15) is 4.98 Å². The van der Waals surface area contributed by atoms with Crippen LogP contribution < -0.4 is 5.73 Å². The van der Waals surface area contributed by atoms with Gasteiger partial charge in [-0.3, -0.25) is 0 Å². The number of rotatable bonds is 5. The lowest BCUT2D eigenvalue weighted by molar-refractivity contribution is 0.298. The summed E-state index contributed by atoms with van der Waals surface area (Å²) in [7, 11) is 0. The third-order valence-electron chi connectivity index (χ3n) is 3.99. The van der Waals surface area contributed by atoms with E-state index in [1.807, 2.05) is 6.92 Å². The van der Waals surface area contributed by atoms with E-state index in [0.717, 1.165) is 5.82 Å². The summed E-state index contributed by atoms with van der Waals surface area (Å²) in [5.74, 6) is 1.85. The minimum atomic E-state index is -0.0000747. The van der Waals surface area contributed by atoms with Crippen LogP contribution in [0.2, 0.25) is 0 Å². The normalized spacial score (nSPS) is 14.4. The van der Waals surface area contributed by atoms with Crippen LogP contribution in [0.4, 0.5) is 0 Å². The molecular weight excluding hydrogens is 262 g/mol. The number of nitrogens with zero attached hydrogens (tertiary/aromatic N) is 2. The first-order valence-corrected chi connectivity index (χ1v) is 7.52. The molecule has 1 aromatic carbocycles. The molecule has 2 atom stereocenters. The van der Waals surface area contributed by atoms with Crippen LogP contribution in [0, 0.1) is 19.8 Å². The van der Waals surface area contributed by atoms with Crippen molar-refractivity contribution < 1.29 is 4.52 Å². The van der Waals surface area contributed by atoms with Crippen LogP contribution in [0.5, 0.6) is 0 Å². The zero-order valence-electron chi connectivity index (χ0n) is 13.6. The third-order valence-corrected chi connectivity index (χ3v) is 3.99. The summed E-state index contributed by atoms with van der Waals surface area (Å²) in [6.07, 6.45) is 0.689. The molecule has 1 aromatic heterocycles. The van der Waals surface area contributed by atoms with E-state index in [-0.39, 0.29) is 12.0 Å². The summed E-state index contributed by atoms with van der Waals surface area (Å²) >= 11 is 0. The first-order valence-electron chi connectivity index (χ1n) is 7.52. The van der Waals surface area contributed by atoms with Gasteiger partial charge in [0.05, 0.1) is 5.92 Å². The molecule has 0 saturated heterocycles. The highest BCUT2D eigenvalue weighted by Crippen LogP contribution is 2.26. The summed E-state index contributed by atoms with van der Waals surface area (Å²) in [5.41, 5.74) is 9.82. The molecule has 0 saturated carbocycles. The van der Waals surface area contributed by atoms with Crippen LogP contribution in [-0.2, 0) is 6.42 Å². The Morgan fingerprint density at radius 2 is 1.86 bits per heavy atom. The molecule has 2 unspecified atom stereocenters. The average molecular weight is 287 g/mol. The van der Waals surface area contributed by atoms with Crippen molar-refractivity contribution in [3.8, 4) is 0 Å². The van der Waals surface area contributed by atoms with E-state index >= 15 is 0 Å². The fourth-order valence-corrected chi connectivity index (χ4v) is 2.69. The highest BCUT2D eigenvalue weighted by Gasteiger charge is 2.26. The van der Waals surface area contributed by atoms with E-state index in [2.05, 4.69) is 56.0 Å². The van der Waals surface area contributed by atoms with Crippen molar-refractivity contribution in [3.63, 3.8) is 0 Å². The lowest BCUT2D eigenvalue weighted by Crippen LogP contribution is -2.28. The van der Waals surface area contributed by atoms with Crippen LogP contribution in [0.15, 0.2) is 22.7 Å². The van der Waals surface area contributed by atoms with Gasteiger partial charge in [0.1, 0.15) is 0 Å². The van der Waals surface area contributed by atoms with Crippen LogP contribution in [-0.4, -0.2) is 16.2 Å². The molecule has 0 fully saturated rings. The number of aromatic nitrogens is 2. The van der Waals surface area contributed by atoms with E-state index in [1.165, 1.54) is 16.7 Å². The second kappa shape index (κ2) is 6.39. The first kappa shape index (κ1) is 15.7. The summed E-state index contributed by atoms with van der Waals surface area (Å²) in [4.78, 5) is 4.54. The highest BCUT2D eigenvalue weighted by molar-refractivity contribution is 5.31. The standard InChI is InChI=1S/C17H25N3O/c1-10(2)16(13(5)18)17-19-15(20-21-17)9-14-7-6-11(3)12(4)8-14/h6-8,10,13,16H,9,18H2,1-5H3. The molecule has 1 heterocycles. The van der Waals surface area contributed by atoms with Gasteiger partial charge in [-0.05, 0) is 43.4 Å². The largest absolute Gasteiger partial charge is 0.339 e. The van der Waals surface area contributed by atoms with E-state index in [0.29, 0.717) is 18.2 Å². The molecule has 2 rings (SSSR count). The number of benzene rings is 1. The Morgan fingerprint density at radius 1 is 1.14 bits per heavy atom. The minimum Gasteiger partial charge on any atom is -0.339 e. The molecule has 4 heteroatoms. The van der Waals surface area contributed by atoms with Crippen molar-refractivity contribution in [3.05, 3.63) is 46.6 Å². The van der Waals surface area contributed by atoms with Crippen LogP contribution in [0.1, 0.15) is 55.1 Å². The predicted octanol–water partition coefficient (Wildman–Crippen LogP) is 3.36. The van der Waals surface area contributed by atoms with Gasteiger partial charge >= 0.3 is 0 Å². The Bertz CT molecular complexity index is 594. The zero-order chi connectivity index (χ0) is 15.6. The SMILES string of the molecule is Cc1ccc(Cc2noc(C(C(C)C)C(C)N)n2)cc1C. The summed E-state index contributed by atoms with van der Waals surface area (Å²) in [6, 6.07) is 6.42. The molecule has 0 aliphatic carbocycles. The summed E-state index contributed by atoms with van der Waals surface area (Å²) in [5, 5.41) is 4.11. The third kappa shape index (κ3) is 3.70. The van der Waals surface area contributed by atoms with Gasteiger partial charge in [0.2, 0.25) is 5.89 Å². The maximum atomic E-state index is 6.04. The Hall–Kier alpha value is -1.68. The molecule has 0 amide bonds. The van der Waals surface area contributed by atoms with E-state index in [9.17, 15) is 0 Å². The maximum absolute atomic E-state index is 6.04. The Kier molecular flexibility index (Phi) is 4.78. The average Bonchev–Trinajstić information content (AvgIpc) is 2.81. The molecule has 0 aliphatic heterocycles. The first-order chi connectivity index (χ1) is 9.88. The van der Waals surface area contributed by atoms with Gasteiger partial charge in [-0.25, -0.2) is 0 Å². The second-order valence-corrected chi connectivity index (χ2v) is 6.27. The Balaban J connectivity index is 2.17. The Morgan fingerprint density at radius 3 is 2.43 bits per heavy atom. The van der Waals surface area contributed by atoms with E-state index < -0.39 is 0 Å². The minimum absolute atomic E-state index is 0.0000747. The molecule has 2 aromatic rings. The topological polar surface area (TPSA) is 64.9 Å². The number of hydrogen-bond acceptors (Lipinski definition) is 4. The molecule has 21 heavy (non-hydrogen) atoms. The van der Waals surface area contributed by atoms with Gasteiger partial charge in [0.25, 0.3) is 0 Å². The van der Waals surface area contributed by atoms with Gasteiger partial charge in [-0.15, -0.1) is 0 Å². The number of hydrogen-bond donors (Lipinski definition) is 1. The Labute approximate surface area is 126 Å². The van der Waals surface area contributed by atoms with Crippen molar-refractivity contribution in [1.82, 2.24) is 10.1 Å². The van der Waals surface area contributed by atoms with Crippen LogP contribution >= 0.6 is 0 Å². The molecule has 114 valence electrons. The molecule has 0 spiro atoms. The fraction of sp³-hybridized carbons (Fsp3) is 0.529. The zero-order valence-corrected chi connectivity index (χ0v) is 13.6. The summed E-state index contributed by atoms with van der Waals surface area (Å²) in [6.45, 7) is 10.5. The fourth-order valence-electron chi connectivity index (χ4n) is 2.69. The second-order valence-electron chi connectivity index (χ2n) is 6.27. The lowest BCUT2D eigenvalue weighted by atomic mass is 9.90. The molecule has 0 bridgehead atoms. The molecule has 2 N–H and O–H groups in total. The van der Waals surface area contributed by atoms with Crippen LogP contribution in [0.25, 0.3) is 0 Å². The van der Waals surface area contributed by atoms with E-state index in [1.54, 1.807) is 0 Å². The van der Waals surface area contributed by atoms with Crippen molar-refractivity contribution in [1.29, 1.82) is 0 Å². The van der Waals surface area contributed by atoms with Crippen molar-refractivity contribution >= 4 is 0 Å². The van der Waals surface area contributed by atoms with Crippen molar-refractivity contribution in [2.75, 3.05) is 0 Å². The maximum Gasteiger partial charge on any atom is 0.231 e. The monoisotopic (exact) mass is 287 g/mol. The summed E-state index contributed by atoms with van der Waals surface area (Å²) < 4.78 is 5.43. The number of aryl methyl sites for hydroxylation is 2. The predicted molar refractivity (Wildman–Crippen MR) is 84.2 cm³/mol. The molecule has 4 nitrogen and oxygen atoms in total. The van der Waals surface area contributed by atoms with Crippen molar-refractivity contribution in [2.45, 2.75) is 53.0 Å².